The lowest BCUT2D eigenvalue weighted by Crippen LogP contribution is -2.31. The average molecular weight is 234 g/mol. The van der Waals surface area contributed by atoms with Crippen LogP contribution in [0.5, 0.6) is 0 Å². The molecule has 4 nitrogen and oxygen atoms in total. The number of rotatable bonds is 3. The fourth-order valence-electron chi connectivity index (χ4n) is 2.17. The van der Waals surface area contributed by atoms with E-state index in [-0.39, 0.29) is 12.5 Å². The Labute approximate surface area is 101 Å². The van der Waals surface area contributed by atoms with Crippen LogP contribution in [0.1, 0.15) is 22.3 Å². The minimum Gasteiger partial charge on any atom is -0.395 e. The molecular weight excluding hydrogens is 216 g/mol. The molecule has 1 heterocycles. The van der Waals surface area contributed by atoms with Crippen molar-refractivity contribution in [2.45, 2.75) is 12.8 Å². The highest BCUT2D eigenvalue weighted by Gasteiger charge is 2.19. The lowest BCUT2D eigenvalue weighted by atomic mass is 9.97. The summed E-state index contributed by atoms with van der Waals surface area (Å²) in [5.74, 6) is -0.0143. The van der Waals surface area contributed by atoms with Crippen molar-refractivity contribution in [1.29, 1.82) is 0 Å². The predicted molar refractivity (Wildman–Crippen MR) is 67.3 cm³/mol. The summed E-state index contributed by atoms with van der Waals surface area (Å²) in [5, 5.41) is 12.2. The zero-order valence-corrected chi connectivity index (χ0v) is 10.1. The van der Waals surface area contributed by atoms with Gasteiger partial charge in [0.05, 0.1) is 6.61 Å². The standard InChI is InChI=1S/C13H18N2O2/c1-15(8-9-16)13(17)11-4-2-6-12-10(11)5-3-7-14-12/h2,4,6,14,16H,3,5,7-9H2,1H3. The van der Waals surface area contributed by atoms with Crippen molar-refractivity contribution in [2.75, 3.05) is 32.1 Å². The lowest BCUT2D eigenvalue weighted by Gasteiger charge is -2.23. The summed E-state index contributed by atoms with van der Waals surface area (Å²) in [6.07, 6.45) is 2.00. The minimum absolute atomic E-state index is 0.00445. The lowest BCUT2D eigenvalue weighted by molar-refractivity contribution is 0.0766. The summed E-state index contributed by atoms with van der Waals surface area (Å²) in [6.45, 7) is 1.34. The van der Waals surface area contributed by atoms with Gasteiger partial charge in [-0.2, -0.15) is 0 Å². The SMILES string of the molecule is CN(CCO)C(=O)c1cccc2c1CCCN2. The van der Waals surface area contributed by atoms with E-state index in [2.05, 4.69) is 5.32 Å². The molecule has 0 saturated heterocycles. The van der Waals surface area contributed by atoms with Gasteiger partial charge >= 0.3 is 0 Å². The van der Waals surface area contributed by atoms with Gasteiger partial charge in [0.15, 0.2) is 0 Å². The fourth-order valence-corrected chi connectivity index (χ4v) is 2.17. The van der Waals surface area contributed by atoms with Crippen LogP contribution in [0.3, 0.4) is 0 Å². The van der Waals surface area contributed by atoms with Crippen molar-refractivity contribution in [1.82, 2.24) is 4.90 Å². The van der Waals surface area contributed by atoms with Crippen LogP contribution in [-0.4, -0.2) is 42.7 Å². The number of hydrogen-bond donors (Lipinski definition) is 2. The molecule has 1 aromatic rings. The number of fused-ring (bicyclic) bond motifs is 1. The topological polar surface area (TPSA) is 52.6 Å². The van der Waals surface area contributed by atoms with Gasteiger partial charge in [0.25, 0.3) is 5.91 Å². The van der Waals surface area contributed by atoms with E-state index in [4.69, 9.17) is 5.11 Å². The van der Waals surface area contributed by atoms with Crippen molar-refractivity contribution in [3.63, 3.8) is 0 Å². The Morgan fingerprint density at radius 2 is 2.35 bits per heavy atom. The normalized spacial score (nSPS) is 13.8. The molecule has 0 unspecified atom stereocenters. The molecule has 1 amide bonds. The van der Waals surface area contributed by atoms with Crippen LogP contribution in [-0.2, 0) is 6.42 Å². The van der Waals surface area contributed by atoms with E-state index in [0.29, 0.717) is 6.54 Å². The Morgan fingerprint density at radius 3 is 3.12 bits per heavy atom. The third kappa shape index (κ3) is 2.42. The number of aliphatic hydroxyl groups excluding tert-OH is 1. The molecule has 4 heteroatoms. The average Bonchev–Trinajstić information content (AvgIpc) is 2.37. The molecule has 0 spiro atoms. The van der Waals surface area contributed by atoms with Crippen LogP contribution in [0, 0.1) is 0 Å². The minimum atomic E-state index is -0.0143. The second-order valence-corrected chi connectivity index (χ2v) is 4.31. The van der Waals surface area contributed by atoms with E-state index >= 15 is 0 Å². The van der Waals surface area contributed by atoms with E-state index in [1.54, 1.807) is 11.9 Å². The number of hydrogen-bond acceptors (Lipinski definition) is 3. The van der Waals surface area contributed by atoms with Crippen molar-refractivity contribution in [2.24, 2.45) is 0 Å². The summed E-state index contributed by atoms with van der Waals surface area (Å²) < 4.78 is 0. The molecule has 0 saturated carbocycles. The fraction of sp³-hybridized carbons (Fsp3) is 0.462. The zero-order valence-electron chi connectivity index (χ0n) is 10.1. The van der Waals surface area contributed by atoms with Gasteiger partial charge < -0.3 is 15.3 Å². The van der Waals surface area contributed by atoms with Crippen molar-refractivity contribution >= 4 is 11.6 Å². The molecule has 0 fully saturated rings. The van der Waals surface area contributed by atoms with E-state index in [1.165, 1.54) is 0 Å². The van der Waals surface area contributed by atoms with Crippen LogP contribution in [0.25, 0.3) is 0 Å². The molecule has 1 aromatic carbocycles. The van der Waals surface area contributed by atoms with Gasteiger partial charge in [0.2, 0.25) is 0 Å². The first kappa shape index (κ1) is 11.9. The zero-order chi connectivity index (χ0) is 12.3. The van der Waals surface area contributed by atoms with Gasteiger partial charge in [-0.3, -0.25) is 4.79 Å². The van der Waals surface area contributed by atoms with Crippen molar-refractivity contribution < 1.29 is 9.90 Å². The molecule has 0 bridgehead atoms. The maximum Gasteiger partial charge on any atom is 0.254 e. The highest BCUT2D eigenvalue weighted by atomic mass is 16.3. The molecule has 1 aliphatic heterocycles. The van der Waals surface area contributed by atoms with Crippen LogP contribution in [0.15, 0.2) is 18.2 Å². The number of aliphatic hydroxyl groups is 1. The van der Waals surface area contributed by atoms with Gasteiger partial charge in [-0.05, 0) is 30.5 Å². The van der Waals surface area contributed by atoms with Gasteiger partial charge in [-0.1, -0.05) is 6.07 Å². The van der Waals surface area contributed by atoms with Crippen LogP contribution >= 0.6 is 0 Å². The van der Waals surface area contributed by atoms with Gasteiger partial charge in [-0.25, -0.2) is 0 Å². The molecule has 0 radical (unpaired) electrons. The number of carbonyl (C=O) groups excluding carboxylic acids is 1. The third-order valence-electron chi connectivity index (χ3n) is 3.11. The van der Waals surface area contributed by atoms with E-state index in [0.717, 1.165) is 36.2 Å². The smallest absolute Gasteiger partial charge is 0.254 e. The number of nitrogens with one attached hydrogen (secondary N) is 1. The van der Waals surface area contributed by atoms with Crippen molar-refractivity contribution in [3.8, 4) is 0 Å². The number of amides is 1. The molecular formula is C13H18N2O2. The second-order valence-electron chi connectivity index (χ2n) is 4.31. The third-order valence-corrected chi connectivity index (χ3v) is 3.11. The number of benzene rings is 1. The summed E-state index contributed by atoms with van der Waals surface area (Å²) in [6, 6.07) is 5.77. The Balaban J connectivity index is 2.29. The Morgan fingerprint density at radius 1 is 1.53 bits per heavy atom. The predicted octanol–water partition coefficient (Wildman–Crippen LogP) is 1.11. The Bertz CT molecular complexity index is 418. The largest absolute Gasteiger partial charge is 0.395 e. The maximum atomic E-state index is 12.2. The first-order valence-electron chi connectivity index (χ1n) is 5.96. The van der Waals surface area contributed by atoms with Crippen LogP contribution in [0.2, 0.25) is 0 Å². The molecule has 0 aliphatic carbocycles. The van der Waals surface area contributed by atoms with Gasteiger partial charge in [0, 0.05) is 31.4 Å². The Kier molecular flexibility index (Phi) is 3.64. The molecule has 1 aliphatic rings. The maximum absolute atomic E-state index is 12.2. The monoisotopic (exact) mass is 234 g/mol. The molecule has 0 atom stereocenters. The number of likely N-dealkylation sites (N-methyl/N-ethyl adjacent to an activating group) is 1. The summed E-state index contributed by atoms with van der Waals surface area (Å²) >= 11 is 0. The molecule has 2 rings (SSSR count). The highest BCUT2D eigenvalue weighted by molar-refractivity contribution is 5.97. The summed E-state index contributed by atoms with van der Waals surface area (Å²) in [4.78, 5) is 13.8. The second kappa shape index (κ2) is 5.19. The number of anilines is 1. The summed E-state index contributed by atoms with van der Waals surface area (Å²) in [7, 11) is 1.72. The Hall–Kier alpha value is -1.55. The molecule has 0 aromatic heterocycles. The summed E-state index contributed by atoms with van der Waals surface area (Å²) in [5.41, 5.74) is 2.93. The quantitative estimate of drug-likeness (QED) is 0.823. The van der Waals surface area contributed by atoms with E-state index < -0.39 is 0 Å². The van der Waals surface area contributed by atoms with Gasteiger partial charge in [-0.15, -0.1) is 0 Å². The highest BCUT2D eigenvalue weighted by Crippen LogP contribution is 2.25. The first-order valence-corrected chi connectivity index (χ1v) is 5.96. The van der Waals surface area contributed by atoms with Crippen LogP contribution < -0.4 is 5.32 Å². The van der Waals surface area contributed by atoms with Gasteiger partial charge in [0.1, 0.15) is 0 Å². The van der Waals surface area contributed by atoms with E-state index in [1.807, 2.05) is 18.2 Å². The van der Waals surface area contributed by atoms with Crippen molar-refractivity contribution in [3.05, 3.63) is 29.3 Å². The van der Waals surface area contributed by atoms with E-state index in [9.17, 15) is 4.79 Å². The first-order chi connectivity index (χ1) is 8.24. The van der Waals surface area contributed by atoms with Crippen LogP contribution in [0.4, 0.5) is 5.69 Å². The molecule has 17 heavy (non-hydrogen) atoms. The number of nitrogens with zero attached hydrogens (tertiary/aromatic N) is 1. The molecule has 2 N–H and O–H groups in total. The molecule has 92 valence electrons. The number of carbonyl (C=O) groups is 1.